The Morgan fingerprint density at radius 1 is 1.47 bits per heavy atom. The molecule has 1 atom stereocenters. The highest BCUT2D eigenvalue weighted by Crippen LogP contribution is 2.29. The Hall–Kier alpha value is -1.33. The molecule has 0 radical (unpaired) electrons. The summed E-state index contributed by atoms with van der Waals surface area (Å²) >= 11 is 3.44. The predicted molar refractivity (Wildman–Crippen MR) is 79.1 cm³/mol. The Bertz CT molecular complexity index is 513. The molecule has 5 heteroatoms. The average Bonchev–Trinajstić information content (AvgIpc) is 2.91. The molecule has 4 nitrogen and oxygen atoms in total. The predicted octanol–water partition coefficient (Wildman–Crippen LogP) is 3.09. The summed E-state index contributed by atoms with van der Waals surface area (Å²) < 4.78 is 2.87. The molecular formula is C14H18BrN3O. The van der Waals surface area contributed by atoms with Crippen LogP contribution in [-0.2, 0) is 6.54 Å². The first-order valence-electron chi connectivity index (χ1n) is 6.40. The van der Waals surface area contributed by atoms with E-state index < -0.39 is 0 Å². The third-order valence-corrected chi connectivity index (χ3v) is 3.56. The van der Waals surface area contributed by atoms with Crippen LogP contribution in [0.2, 0.25) is 0 Å². The fourth-order valence-electron chi connectivity index (χ4n) is 2.06. The maximum absolute atomic E-state index is 9.94. The molecule has 2 N–H and O–H groups in total. The number of nitrogens with one attached hydrogen (secondary N) is 1. The first-order valence-corrected chi connectivity index (χ1v) is 7.19. The molecule has 0 amide bonds. The topological polar surface area (TPSA) is 50.1 Å². The Kier molecular flexibility index (Phi) is 4.99. The number of hydrogen-bond acceptors (Lipinski definition) is 3. The maximum Gasteiger partial charge on any atom is 0.120 e. The summed E-state index contributed by atoms with van der Waals surface area (Å²) in [5.74, 6) is 0.335. The summed E-state index contributed by atoms with van der Waals surface area (Å²) in [6.07, 6.45) is 4.64. The minimum absolute atomic E-state index is 0.146. The van der Waals surface area contributed by atoms with Gasteiger partial charge in [-0.05, 0) is 30.7 Å². The summed E-state index contributed by atoms with van der Waals surface area (Å²) in [5.41, 5.74) is 0.928. The molecule has 0 fully saturated rings. The number of aromatic nitrogens is 2. The molecule has 0 bridgehead atoms. The van der Waals surface area contributed by atoms with Crippen molar-refractivity contribution in [2.24, 2.45) is 0 Å². The van der Waals surface area contributed by atoms with E-state index in [2.05, 4.69) is 33.3 Å². The maximum atomic E-state index is 9.94. The highest BCUT2D eigenvalue weighted by Gasteiger charge is 2.13. The van der Waals surface area contributed by atoms with Crippen LogP contribution in [0.25, 0.3) is 0 Å². The zero-order chi connectivity index (χ0) is 13.7. The highest BCUT2D eigenvalue weighted by atomic mass is 79.9. The third-order valence-electron chi connectivity index (χ3n) is 3.06. The number of hydrogen-bond donors (Lipinski definition) is 2. The van der Waals surface area contributed by atoms with Crippen molar-refractivity contribution in [2.45, 2.75) is 25.9 Å². The Labute approximate surface area is 121 Å². The van der Waals surface area contributed by atoms with E-state index in [0.717, 1.165) is 29.5 Å². The first-order chi connectivity index (χ1) is 9.20. The number of phenols is 1. The van der Waals surface area contributed by atoms with Gasteiger partial charge in [-0.15, -0.1) is 0 Å². The standard InChI is InChI=1S/C14H18BrN3O/c1-2-13(12-10-11(15)4-5-14(12)19)16-7-9-18-8-3-6-17-18/h3-6,8,10,13,16,19H,2,7,9H2,1H3. The van der Waals surface area contributed by atoms with E-state index in [-0.39, 0.29) is 6.04 Å². The molecule has 0 aliphatic heterocycles. The molecule has 1 aromatic heterocycles. The second kappa shape index (κ2) is 6.73. The van der Waals surface area contributed by atoms with E-state index >= 15 is 0 Å². The molecule has 102 valence electrons. The highest BCUT2D eigenvalue weighted by molar-refractivity contribution is 9.10. The average molecular weight is 324 g/mol. The van der Waals surface area contributed by atoms with E-state index in [9.17, 15) is 5.11 Å². The van der Waals surface area contributed by atoms with E-state index in [4.69, 9.17) is 0 Å². The lowest BCUT2D eigenvalue weighted by Gasteiger charge is -2.19. The molecule has 1 aromatic carbocycles. The van der Waals surface area contributed by atoms with Gasteiger partial charge in [-0.2, -0.15) is 5.10 Å². The molecule has 0 spiro atoms. The van der Waals surface area contributed by atoms with Crippen LogP contribution in [0.15, 0.2) is 41.1 Å². The van der Waals surface area contributed by atoms with E-state index in [1.54, 1.807) is 12.3 Å². The molecule has 2 aromatic rings. The normalized spacial score (nSPS) is 12.5. The van der Waals surface area contributed by atoms with Gasteiger partial charge in [-0.1, -0.05) is 22.9 Å². The van der Waals surface area contributed by atoms with Crippen molar-refractivity contribution in [3.05, 3.63) is 46.7 Å². The fourth-order valence-corrected chi connectivity index (χ4v) is 2.44. The van der Waals surface area contributed by atoms with E-state index in [1.165, 1.54) is 0 Å². The van der Waals surface area contributed by atoms with E-state index in [1.807, 2.05) is 29.1 Å². The molecule has 0 aliphatic carbocycles. The van der Waals surface area contributed by atoms with Crippen molar-refractivity contribution in [3.8, 4) is 5.75 Å². The summed E-state index contributed by atoms with van der Waals surface area (Å²) in [6.45, 7) is 3.73. The number of halogens is 1. The quantitative estimate of drug-likeness (QED) is 0.858. The van der Waals surface area contributed by atoms with Crippen LogP contribution in [0.5, 0.6) is 5.75 Å². The Balaban J connectivity index is 1.97. The first kappa shape index (κ1) is 14.1. The summed E-state index contributed by atoms with van der Waals surface area (Å²) in [5, 5.41) is 17.6. The van der Waals surface area contributed by atoms with Gasteiger partial charge in [0.1, 0.15) is 5.75 Å². The smallest absolute Gasteiger partial charge is 0.120 e. The monoisotopic (exact) mass is 323 g/mol. The summed E-state index contributed by atoms with van der Waals surface area (Å²) in [7, 11) is 0. The van der Waals surface area contributed by atoms with Gasteiger partial charge in [0, 0.05) is 35.0 Å². The van der Waals surface area contributed by atoms with Crippen LogP contribution in [0, 0.1) is 0 Å². The van der Waals surface area contributed by atoms with Crippen LogP contribution in [0.4, 0.5) is 0 Å². The van der Waals surface area contributed by atoms with Gasteiger partial charge in [0.25, 0.3) is 0 Å². The van der Waals surface area contributed by atoms with Gasteiger partial charge in [-0.3, -0.25) is 4.68 Å². The molecule has 0 saturated carbocycles. The largest absolute Gasteiger partial charge is 0.508 e. The van der Waals surface area contributed by atoms with Crippen molar-refractivity contribution < 1.29 is 5.11 Å². The Morgan fingerprint density at radius 2 is 2.32 bits per heavy atom. The van der Waals surface area contributed by atoms with Crippen molar-refractivity contribution in [2.75, 3.05) is 6.54 Å². The number of rotatable bonds is 6. The van der Waals surface area contributed by atoms with Crippen LogP contribution < -0.4 is 5.32 Å². The summed E-state index contributed by atoms with van der Waals surface area (Å²) in [4.78, 5) is 0. The fraction of sp³-hybridized carbons (Fsp3) is 0.357. The second-order valence-corrected chi connectivity index (χ2v) is 5.30. The lowest BCUT2D eigenvalue weighted by molar-refractivity contribution is 0.432. The van der Waals surface area contributed by atoms with Crippen molar-refractivity contribution in [1.82, 2.24) is 15.1 Å². The van der Waals surface area contributed by atoms with Crippen LogP contribution in [0.1, 0.15) is 24.9 Å². The van der Waals surface area contributed by atoms with Gasteiger partial charge in [0.05, 0.1) is 6.54 Å². The van der Waals surface area contributed by atoms with Gasteiger partial charge in [-0.25, -0.2) is 0 Å². The zero-order valence-corrected chi connectivity index (χ0v) is 12.5. The minimum Gasteiger partial charge on any atom is -0.508 e. The Morgan fingerprint density at radius 3 is 3.00 bits per heavy atom. The minimum atomic E-state index is 0.146. The van der Waals surface area contributed by atoms with Crippen molar-refractivity contribution in [1.29, 1.82) is 0 Å². The number of nitrogens with zero attached hydrogens (tertiary/aromatic N) is 2. The molecule has 1 unspecified atom stereocenters. The molecule has 1 heterocycles. The lowest BCUT2D eigenvalue weighted by atomic mass is 10.0. The van der Waals surface area contributed by atoms with Crippen molar-refractivity contribution in [3.63, 3.8) is 0 Å². The van der Waals surface area contributed by atoms with Gasteiger partial charge in [0.15, 0.2) is 0 Å². The van der Waals surface area contributed by atoms with Gasteiger partial charge < -0.3 is 10.4 Å². The van der Waals surface area contributed by atoms with Crippen LogP contribution >= 0.6 is 15.9 Å². The van der Waals surface area contributed by atoms with Gasteiger partial charge >= 0.3 is 0 Å². The molecule has 2 rings (SSSR count). The zero-order valence-electron chi connectivity index (χ0n) is 10.9. The lowest BCUT2D eigenvalue weighted by Crippen LogP contribution is -2.25. The van der Waals surface area contributed by atoms with Gasteiger partial charge in [0.2, 0.25) is 0 Å². The molecular weight excluding hydrogens is 306 g/mol. The molecule has 19 heavy (non-hydrogen) atoms. The van der Waals surface area contributed by atoms with E-state index in [0.29, 0.717) is 5.75 Å². The number of benzene rings is 1. The number of aromatic hydroxyl groups is 1. The molecule has 0 aliphatic rings. The second-order valence-electron chi connectivity index (χ2n) is 4.39. The summed E-state index contributed by atoms with van der Waals surface area (Å²) in [6, 6.07) is 7.59. The SMILES string of the molecule is CCC(NCCn1cccn1)c1cc(Br)ccc1O. The van der Waals surface area contributed by atoms with Crippen LogP contribution in [0.3, 0.4) is 0 Å². The van der Waals surface area contributed by atoms with Crippen molar-refractivity contribution >= 4 is 15.9 Å². The number of phenolic OH excluding ortho intramolecular Hbond substituents is 1. The third kappa shape index (κ3) is 3.81. The molecule has 0 saturated heterocycles. The van der Waals surface area contributed by atoms with Crippen LogP contribution in [-0.4, -0.2) is 21.4 Å².